The van der Waals surface area contributed by atoms with Gasteiger partial charge in [0.05, 0.1) is 12.3 Å². The third-order valence-electron chi connectivity index (χ3n) is 6.97. The molecular formula is C24H36N7O9P. The van der Waals surface area contributed by atoms with Crippen LogP contribution in [0.4, 0.5) is 5.82 Å². The summed E-state index contributed by atoms with van der Waals surface area (Å²) in [5.41, 5.74) is 4.24. The number of carboxylic acids is 1. The van der Waals surface area contributed by atoms with Gasteiger partial charge in [-0.1, -0.05) is 26.7 Å². The van der Waals surface area contributed by atoms with Crippen LogP contribution in [0, 0.1) is 17.2 Å². The number of esters is 1. The number of rotatable bonds is 14. The molecule has 7 atom stereocenters. The van der Waals surface area contributed by atoms with Crippen molar-refractivity contribution < 1.29 is 43.5 Å². The van der Waals surface area contributed by atoms with Crippen molar-refractivity contribution in [3.8, 4) is 6.07 Å². The third-order valence-corrected chi connectivity index (χ3v) is 8.92. The SMILES string of the molecule is CCC(CC)COC(=O)C(C)NP(=O)(NC(C)C(=O)O)OC[C@@]1(C#N)O[C@@H](c2ccc3c(N)ncnn23)[C@H](O)[C@@H]1O. The molecule has 0 amide bonds. The van der Waals surface area contributed by atoms with E-state index < -0.39 is 62.2 Å². The van der Waals surface area contributed by atoms with Crippen LogP contribution >= 0.6 is 7.67 Å². The lowest BCUT2D eigenvalue weighted by atomic mass is 9.96. The van der Waals surface area contributed by atoms with Gasteiger partial charge in [-0.25, -0.2) is 19.7 Å². The van der Waals surface area contributed by atoms with Crippen LogP contribution < -0.4 is 15.9 Å². The molecule has 1 aliphatic rings. The number of ether oxygens (including phenoxy) is 2. The highest BCUT2D eigenvalue weighted by Gasteiger charge is 2.57. The Labute approximate surface area is 236 Å². The summed E-state index contributed by atoms with van der Waals surface area (Å²) < 4.78 is 31.7. The minimum absolute atomic E-state index is 0.135. The summed E-state index contributed by atoms with van der Waals surface area (Å²) in [5.74, 6) is -1.85. The van der Waals surface area contributed by atoms with E-state index in [1.54, 1.807) is 12.1 Å². The van der Waals surface area contributed by atoms with Gasteiger partial charge in [-0.15, -0.1) is 0 Å². The van der Waals surface area contributed by atoms with Gasteiger partial charge in [0.1, 0.15) is 54.9 Å². The number of aromatic nitrogens is 3. The van der Waals surface area contributed by atoms with Crippen molar-refractivity contribution >= 4 is 30.9 Å². The highest BCUT2D eigenvalue weighted by atomic mass is 31.2. The monoisotopic (exact) mass is 597 g/mol. The number of carbonyl (C=O) groups excluding carboxylic acids is 1. The molecule has 3 heterocycles. The number of anilines is 1. The smallest absolute Gasteiger partial charge is 0.342 e. The van der Waals surface area contributed by atoms with E-state index in [0.29, 0.717) is 5.52 Å². The van der Waals surface area contributed by atoms with E-state index in [-0.39, 0.29) is 24.0 Å². The summed E-state index contributed by atoms with van der Waals surface area (Å²) in [6.07, 6.45) is -2.04. The Balaban J connectivity index is 1.82. The van der Waals surface area contributed by atoms with E-state index in [2.05, 4.69) is 20.3 Å². The summed E-state index contributed by atoms with van der Waals surface area (Å²) in [6, 6.07) is 2.23. The van der Waals surface area contributed by atoms with Crippen LogP contribution in [0.25, 0.3) is 5.52 Å². The number of nitrogens with two attached hydrogens (primary N) is 1. The lowest BCUT2D eigenvalue weighted by Crippen LogP contribution is -2.48. The molecule has 2 aromatic rings. The zero-order chi connectivity index (χ0) is 30.5. The molecule has 3 unspecified atom stereocenters. The van der Waals surface area contributed by atoms with Crippen molar-refractivity contribution in [2.75, 3.05) is 18.9 Å². The zero-order valence-corrected chi connectivity index (χ0v) is 24.0. The molecular weight excluding hydrogens is 561 g/mol. The predicted molar refractivity (Wildman–Crippen MR) is 143 cm³/mol. The molecule has 41 heavy (non-hydrogen) atoms. The summed E-state index contributed by atoms with van der Waals surface area (Å²) in [5, 5.41) is 49.9. The highest BCUT2D eigenvalue weighted by molar-refractivity contribution is 7.54. The van der Waals surface area contributed by atoms with Crippen LogP contribution in [0.3, 0.4) is 0 Å². The first-order valence-corrected chi connectivity index (χ1v) is 14.7. The Hall–Kier alpha value is -3.16. The topological polar surface area (TPSA) is 244 Å². The standard InChI is InChI=1S/C24H36N7O9P/c1-5-15(6-2)9-38-23(36)14(4)30-41(37,29-13(3)22(34)35)39-11-24(10-25)20(33)18(32)19(40-24)16-7-8-17-21(26)27-12-28-31(16)17/h7-8,12-15,18-20,32-33H,5-6,9,11H2,1-4H3,(H,34,35)(H2,26,27,28)(H2,29,30,37)/t13?,14?,18-,19-,20-,24+,41?/m0/s1. The maximum Gasteiger partial charge on any atom is 0.342 e. The summed E-state index contributed by atoms with van der Waals surface area (Å²) in [7, 11) is -4.43. The minimum Gasteiger partial charge on any atom is -0.480 e. The molecule has 17 heteroatoms. The van der Waals surface area contributed by atoms with Gasteiger partial charge in [0.2, 0.25) is 5.60 Å². The van der Waals surface area contributed by atoms with E-state index in [0.717, 1.165) is 12.8 Å². The summed E-state index contributed by atoms with van der Waals surface area (Å²) in [4.78, 5) is 28.0. The first-order valence-electron chi connectivity index (χ1n) is 13.0. The average molecular weight is 598 g/mol. The van der Waals surface area contributed by atoms with E-state index >= 15 is 0 Å². The van der Waals surface area contributed by atoms with Crippen LogP contribution in [0.5, 0.6) is 0 Å². The normalized spacial score (nSPS) is 25.5. The molecule has 0 saturated carbocycles. The second kappa shape index (κ2) is 13.2. The molecule has 0 radical (unpaired) electrons. The Morgan fingerprint density at radius 3 is 2.54 bits per heavy atom. The third kappa shape index (κ3) is 7.02. The lowest BCUT2D eigenvalue weighted by Gasteiger charge is -2.30. The number of hydrogen-bond donors (Lipinski definition) is 6. The molecule has 0 aliphatic carbocycles. The van der Waals surface area contributed by atoms with Crippen LogP contribution in [0.15, 0.2) is 18.5 Å². The van der Waals surface area contributed by atoms with Crippen LogP contribution in [0.2, 0.25) is 0 Å². The fourth-order valence-corrected chi connectivity index (χ4v) is 6.07. The molecule has 16 nitrogen and oxygen atoms in total. The van der Waals surface area contributed by atoms with Crippen molar-refractivity contribution in [1.29, 1.82) is 5.26 Å². The fraction of sp³-hybridized carbons (Fsp3) is 0.625. The summed E-state index contributed by atoms with van der Waals surface area (Å²) >= 11 is 0. The molecule has 7 N–H and O–H groups in total. The molecule has 1 saturated heterocycles. The molecule has 1 fully saturated rings. The first kappa shape index (κ1) is 32.4. The van der Waals surface area contributed by atoms with Crippen LogP contribution in [-0.4, -0.2) is 85.0 Å². The second-order valence-electron chi connectivity index (χ2n) is 9.85. The van der Waals surface area contributed by atoms with E-state index in [4.69, 9.17) is 19.7 Å². The van der Waals surface area contributed by atoms with E-state index in [1.165, 1.54) is 30.8 Å². The fourth-order valence-electron chi connectivity index (χ4n) is 4.24. The van der Waals surface area contributed by atoms with Gasteiger partial charge >= 0.3 is 19.6 Å². The number of aliphatic hydroxyl groups is 2. The van der Waals surface area contributed by atoms with Crippen molar-refractivity contribution in [3.05, 3.63) is 24.2 Å². The Morgan fingerprint density at radius 1 is 1.27 bits per heavy atom. The number of carboxylic acid groups (broad SMARTS) is 1. The van der Waals surface area contributed by atoms with Gasteiger partial charge in [-0.05, 0) is 31.9 Å². The maximum atomic E-state index is 13.8. The largest absolute Gasteiger partial charge is 0.480 e. The van der Waals surface area contributed by atoms with Crippen molar-refractivity contribution in [3.63, 3.8) is 0 Å². The van der Waals surface area contributed by atoms with Gasteiger partial charge in [0.15, 0.2) is 5.82 Å². The molecule has 1 aliphatic heterocycles. The van der Waals surface area contributed by atoms with E-state index in [9.17, 15) is 34.7 Å². The number of aliphatic hydroxyl groups excluding tert-OH is 2. The predicted octanol–water partition coefficient (Wildman–Crippen LogP) is 0.512. The molecule has 0 bridgehead atoms. The number of nitrogen functional groups attached to an aromatic ring is 1. The van der Waals surface area contributed by atoms with Gasteiger partial charge < -0.3 is 35.1 Å². The molecule has 0 spiro atoms. The average Bonchev–Trinajstić information content (AvgIpc) is 3.48. The Morgan fingerprint density at radius 2 is 1.93 bits per heavy atom. The lowest BCUT2D eigenvalue weighted by molar-refractivity contribution is -0.146. The second-order valence-corrected chi connectivity index (χ2v) is 11.7. The summed E-state index contributed by atoms with van der Waals surface area (Å²) in [6.45, 7) is 5.71. The quantitative estimate of drug-likeness (QED) is 0.128. The Kier molecular flexibility index (Phi) is 10.4. The Bertz CT molecular complexity index is 1330. The number of aliphatic carboxylic acids is 1. The minimum atomic E-state index is -4.43. The van der Waals surface area contributed by atoms with Crippen molar-refractivity contribution in [1.82, 2.24) is 24.8 Å². The number of nitrogens with zero attached hydrogens (tertiary/aromatic N) is 4. The molecule has 226 valence electrons. The number of nitrogens with one attached hydrogen (secondary N) is 2. The maximum absolute atomic E-state index is 13.8. The van der Waals surface area contributed by atoms with Crippen LogP contribution in [0.1, 0.15) is 52.3 Å². The number of hydrogen-bond acceptors (Lipinski definition) is 12. The molecule has 3 rings (SSSR count). The highest BCUT2D eigenvalue weighted by Crippen LogP contribution is 2.45. The van der Waals surface area contributed by atoms with Crippen molar-refractivity contribution in [2.45, 2.75) is 76.5 Å². The number of fused-ring (bicyclic) bond motifs is 1. The van der Waals surface area contributed by atoms with Gasteiger partial charge in [0, 0.05) is 0 Å². The van der Waals surface area contributed by atoms with Crippen LogP contribution in [-0.2, 0) is 28.2 Å². The van der Waals surface area contributed by atoms with Gasteiger partial charge in [-0.2, -0.15) is 10.4 Å². The van der Waals surface area contributed by atoms with Gasteiger partial charge in [-0.3, -0.25) is 14.2 Å². The zero-order valence-electron chi connectivity index (χ0n) is 23.1. The first-order chi connectivity index (χ1) is 19.3. The number of nitriles is 1. The molecule has 0 aromatic carbocycles. The van der Waals surface area contributed by atoms with Gasteiger partial charge in [0.25, 0.3) is 0 Å². The van der Waals surface area contributed by atoms with Crippen molar-refractivity contribution in [2.24, 2.45) is 5.92 Å². The molecule has 2 aromatic heterocycles. The van der Waals surface area contributed by atoms with E-state index in [1.807, 2.05) is 13.8 Å². The number of carbonyl (C=O) groups is 2.